The molecule has 0 aromatic heterocycles. The lowest BCUT2D eigenvalue weighted by Gasteiger charge is -2.14. The summed E-state index contributed by atoms with van der Waals surface area (Å²) in [6.45, 7) is 5.85. The van der Waals surface area contributed by atoms with Gasteiger partial charge in [0.05, 0.1) is 5.75 Å². The van der Waals surface area contributed by atoms with E-state index in [1.54, 1.807) is 0 Å². The van der Waals surface area contributed by atoms with Gasteiger partial charge in [-0.2, -0.15) is 0 Å². The van der Waals surface area contributed by atoms with E-state index in [9.17, 15) is 8.42 Å². The second-order valence-electron chi connectivity index (χ2n) is 4.12. The Morgan fingerprint density at radius 3 is 2.53 bits per heavy atom. The normalized spacial score (nSPS) is 18.5. The number of hydrogen-bond acceptors (Lipinski definition) is 3. The molecule has 0 aromatic rings. The molecule has 4 nitrogen and oxygen atoms in total. The van der Waals surface area contributed by atoms with Crippen molar-refractivity contribution in [2.75, 3.05) is 31.9 Å². The van der Waals surface area contributed by atoms with Gasteiger partial charge in [0, 0.05) is 6.54 Å². The van der Waals surface area contributed by atoms with E-state index in [1.807, 2.05) is 6.92 Å². The first-order valence-corrected chi connectivity index (χ1v) is 7.49. The van der Waals surface area contributed by atoms with Crippen molar-refractivity contribution in [2.24, 2.45) is 0 Å². The monoisotopic (exact) mass is 234 g/mol. The molecule has 0 atom stereocenters. The van der Waals surface area contributed by atoms with E-state index in [0.29, 0.717) is 13.0 Å². The van der Waals surface area contributed by atoms with E-state index in [4.69, 9.17) is 0 Å². The summed E-state index contributed by atoms with van der Waals surface area (Å²) in [5.41, 5.74) is 0. The Labute approximate surface area is 93.1 Å². The van der Waals surface area contributed by atoms with E-state index in [2.05, 4.69) is 9.62 Å². The standard InChI is InChI=1S/C10H22N2O2S/c1-2-10-15(13,14)11-6-5-9-12-7-3-4-8-12/h11H,2-10H2,1H3. The Kier molecular flexibility index (Phi) is 5.56. The van der Waals surface area contributed by atoms with Crippen LogP contribution < -0.4 is 4.72 Å². The van der Waals surface area contributed by atoms with Gasteiger partial charge in [0.1, 0.15) is 0 Å². The lowest BCUT2D eigenvalue weighted by molar-refractivity contribution is 0.334. The van der Waals surface area contributed by atoms with E-state index >= 15 is 0 Å². The highest BCUT2D eigenvalue weighted by atomic mass is 32.2. The average Bonchev–Trinajstić information content (AvgIpc) is 2.65. The van der Waals surface area contributed by atoms with Gasteiger partial charge in [-0.1, -0.05) is 6.92 Å². The molecule has 1 saturated heterocycles. The van der Waals surface area contributed by atoms with Crippen LogP contribution in [0.3, 0.4) is 0 Å². The van der Waals surface area contributed by atoms with Crippen LogP contribution >= 0.6 is 0 Å². The number of hydrogen-bond donors (Lipinski definition) is 1. The summed E-state index contributed by atoms with van der Waals surface area (Å²) < 4.78 is 25.2. The zero-order valence-corrected chi connectivity index (χ0v) is 10.4. The molecule has 0 amide bonds. The van der Waals surface area contributed by atoms with Crippen LogP contribution in [0.25, 0.3) is 0 Å². The predicted octanol–water partition coefficient (Wildman–Crippen LogP) is 0.802. The molecule has 0 aromatic carbocycles. The van der Waals surface area contributed by atoms with Crippen LogP contribution in [0.4, 0.5) is 0 Å². The molecule has 1 aliphatic rings. The van der Waals surface area contributed by atoms with Crippen LogP contribution in [-0.4, -0.2) is 45.2 Å². The van der Waals surface area contributed by atoms with Crippen molar-refractivity contribution < 1.29 is 8.42 Å². The van der Waals surface area contributed by atoms with Gasteiger partial charge in [-0.05, 0) is 45.3 Å². The summed E-state index contributed by atoms with van der Waals surface area (Å²) in [5, 5.41) is 0. The quantitative estimate of drug-likeness (QED) is 0.663. The van der Waals surface area contributed by atoms with Crippen LogP contribution in [-0.2, 0) is 10.0 Å². The van der Waals surface area contributed by atoms with Gasteiger partial charge < -0.3 is 4.90 Å². The fourth-order valence-electron chi connectivity index (χ4n) is 1.88. The SMILES string of the molecule is CCCS(=O)(=O)NCCCN1CCCC1. The molecule has 0 radical (unpaired) electrons. The third-order valence-corrected chi connectivity index (χ3v) is 4.23. The maximum atomic E-state index is 11.3. The van der Waals surface area contributed by atoms with E-state index in [1.165, 1.54) is 25.9 Å². The lowest BCUT2D eigenvalue weighted by atomic mass is 10.4. The Hall–Kier alpha value is -0.130. The number of sulfonamides is 1. The highest BCUT2D eigenvalue weighted by Crippen LogP contribution is 2.06. The molecule has 1 aliphatic heterocycles. The van der Waals surface area contributed by atoms with Crippen molar-refractivity contribution in [3.63, 3.8) is 0 Å². The maximum Gasteiger partial charge on any atom is 0.211 e. The first-order chi connectivity index (χ1) is 7.14. The summed E-state index contributed by atoms with van der Waals surface area (Å²) in [6.07, 6.45) is 4.19. The van der Waals surface area contributed by atoms with Crippen LogP contribution in [0.2, 0.25) is 0 Å². The third-order valence-electron chi connectivity index (χ3n) is 2.64. The van der Waals surface area contributed by atoms with E-state index in [0.717, 1.165) is 13.0 Å². The summed E-state index contributed by atoms with van der Waals surface area (Å²) in [5.74, 6) is 0.247. The predicted molar refractivity (Wildman–Crippen MR) is 62.4 cm³/mol. The Bertz CT molecular complexity index is 259. The summed E-state index contributed by atoms with van der Waals surface area (Å²) in [7, 11) is -3.00. The van der Waals surface area contributed by atoms with Gasteiger partial charge in [0.25, 0.3) is 0 Å². The molecular weight excluding hydrogens is 212 g/mol. The molecule has 0 spiro atoms. The molecule has 15 heavy (non-hydrogen) atoms. The van der Waals surface area contributed by atoms with Gasteiger partial charge in [-0.25, -0.2) is 13.1 Å². The fraction of sp³-hybridized carbons (Fsp3) is 1.00. The summed E-state index contributed by atoms with van der Waals surface area (Å²) in [6, 6.07) is 0. The fourth-order valence-corrected chi connectivity index (χ4v) is 3.01. The van der Waals surface area contributed by atoms with Crippen LogP contribution in [0.5, 0.6) is 0 Å². The molecule has 0 unspecified atom stereocenters. The van der Waals surface area contributed by atoms with Gasteiger partial charge in [0.2, 0.25) is 10.0 Å². The van der Waals surface area contributed by atoms with E-state index in [-0.39, 0.29) is 5.75 Å². The smallest absolute Gasteiger partial charge is 0.211 e. The number of nitrogens with zero attached hydrogens (tertiary/aromatic N) is 1. The zero-order valence-electron chi connectivity index (χ0n) is 9.54. The minimum atomic E-state index is -3.00. The largest absolute Gasteiger partial charge is 0.303 e. The maximum absolute atomic E-state index is 11.3. The average molecular weight is 234 g/mol. The van der Waals surface area contributed by atoms with E-state index < -0.39 is 10.0 Å². The Morgan fingerprint density at radius 2 is 1.93 bits per heavy atom. The lowest BCUT2D eigenvalue weighted by Crippen LogP contribution is -2.30. The van der Waals surface area contributed by atoms with Gasteiger partial charge >= 0.3 is 0 Å². The van der Waals surface area contributed by atoms with Crippen molar-refractivity contribution in [1.82, 2.24) is 9.62 Å². The van der Waals surface area contributed by atoms with Crippen molar-refractivity contribution in [2.45, 2.75) is 32.6 Å². The second-order valence-corrected chi connectivity index (χ2v) is 6.04. The zero-order chi connectivity index (χ0) is 11.1. The highest BCUT2D eigenvalue weighted by molar-refractivity contribution is 7.89. The Morgan fingerprint density at radius 1 is 1.27 bits per heavy atom. The Balaban J connectivity index is 2.05. The second kappa shape index (κ2) is 6.45. The molecule has 5 heteroatoms. The minimum Gasteiger partial charge on any atom is -0.303 e. The van der Waals surface area contributed by atoms with Crippen molar-refractivity contribution >= 4 is 10.0 Å². The molecule has 1 rings (SSSR count). The highest BCUT2D eigenvalue weighted by Gasteiger charge is 2.11. The van der Waals surface area contributed by atoms with Crippen molar-refractivity contribution in [3.8, 4) is 0 Å². The van der Waals surface area contributed by atoms with Crippen LogP contribution in [0, 0.1) is 0 Å². The molecule has 1 N–H and O–H groups in total. The topological polar surface area (TPSA) is 49.4 Å². The first-order valence-electron chi connectivity index (χ1n) is 5.84. The van der Waals surface area contributed by atoms with Gasteiger partial charge in [-0.15, -0.1) is 0 Å². The van der Waals surface area contributed by atoms with Crippen LogP contribution in [0.15, 0.2) is 0 Å². The van der Waals surface area contributed by atoms with Crippen molar-refractivity contribution in [1.29, 1.82) is 0 Å². The first kappa shape index (κ1) is 12.9. The summed E-state index contributed by atoms with van der Waals surface area (Å²) in [4.78, 5) is 2.40. The molecule has 1 fully saturated rings. The minimum absolute atomic E-state index is 0.247. The number of likely N-dealkylation sites (tertiary alicyclic amines) is 1. The molecular formula is C10H22N2O2S. The molecule has 1 heterocycles. The molecule has 0 aliphatic carbocycles. The van der Waals surface area contributed by atoms with Crippen LogP contribution in [0.1, 0.15) is 32.6 Å². The van der Waals surface area contributed by atoms with Gasteiger partial charge in [0.15, 0.2) is 0 Å². The number of rotatable bonds is 7. The molecule has 0 bridgehead atoms. The number of nitrogens with one attached hydrogen (secondary N) is 1. The molecule has 90 valence electrons. The van der Waals surface area contributed by atoms with Gasteiger partial charge in [-0.3, -0.25) is 0 Å². The third kappa shape index (κ3) is 5.49. The summed E-state index contributed by atoms with van der Waals surface area (Å²) >= 11 is 0. The molecule has 0 saturated carbocycles. The van der Waals surface area contributed by atoms with Crippen molar-refractivity contribution in [3.05, 3.63) is 0 Å².